The molecule has 3 unspecified atom stereocenters. The highest BCUT2D eigenvalue weighted by molar-refractivity contribution is 7.92. The molecule has 1 saturated carbocycles. The monoisotopic (exact) mass is 366 g/mol. The Morgan fingerprint density at radius 3 is 2.48 bits per heavy atom. The fourth-order valence-corrected chi connectivity index (χ4v) is 6.18. The summed E-state index contributed by atoms with van der Waals surface area (Å²) in [6, 6.07) is -0.682. The van der Waals surface area contributed by atoms with Crippen molar-refractivity contribution >= 4 is 28.2 Å². The molecule has 0 spiro atoms. The summed E-state index contributed by atoms with van der Waals surface area (Å²) < 4.78 is 29.9. The van der Waals surface area contributed by atoms with Crippen molar-refractivity contribution in [3.8, 4) is 0 Å². The molecule has 3 rings (SSSR count). The van der Waals surface area contributed by atoms with Crippen molar-refractivity contribution < 1.29 is 17.9 Å². The number of ether oxygens (including phenoxy) is 1. The van der Waals surface area contributed by atoms with Crippen LogP contribution >= 0.6 is 12.4 Å². The Kier molecular flexibility index (Phi) is 6.33. The highest BCUT2D eigenvalue weighted by atomic mass is 35.5. The van der Waals surface area contributed by atoms with Crippen LogP contribution in [0.2, 0.25) is 0 Å². The summed E-state index contributed by atoms with van der Waals surface area (Å²) in [7, 11) is -3.06. The summed E-state index contributed by atoms with van der Waals surface area (Å²) in [5.41, 5.74) is 6.22. The molecular formula is C15H27ClN2O4S. The third kappa shape index (κ3) is 3.83. The number of nitrogens with zero attached hydrogens (tertiary/aromatic N) is 1. The van der Waals surface area contributed by atoms with E-state index in [4.69, 9.17) is 10.5 Å². The van der Waals surface area contributed by atoms with E-state index in [0.717, 1.165) is 32.1 Å². The van der Waals surface area contributed by atoms with Crippen molar-refractivity contribution in [1.29, 1.82) is 0 Å². The molecule has 0 radical (unpaired) electrons. The zero-order chi connectivity index (χ0) is 15.7. The first-order valence-electron chi connectivity index (χ1n) is 8.36. The fourth-order valence-electron chi connectivity index (χ4n) is 4.14. The average molecular weight is 367 g/mol. The quantitative estimate of drug-likeness (QED) is 0.778. The van der Waals surface area contributed by atoms with Gasteiger partial charge in [-0.1, -0.05) is 12.8 Å². The van der Waals surface area contributed by atoms with Crippen LogP contribution in [0, 0.1) is 5.92 Å². The molecule has 1 aliphatic carbocycles. The van der Waals surface area contributed by atoms with Crippen molar-refractivity contribution in [2.24, 2.45) is 11.7 Å². The number of sulfone groups is 1. The summed E-state index contributed by atoms with van der Waals surface area (Å²) in [5.74, 6) is 0.181. The maximum Gasteiger partial charge on any atom is 0.240 e. The SMILES string of the molecule is Cl.NC(C(=O)N1CCS(=O)(=O)C2CCCCC21)C1CCOCC1. The molecule has 2 heterocycles. The van der Waals surface area contributed by atoms with Gasteiger partial charge in [-0.05, 0) is 31.6 Å². The lowest BCUT2D eigenvalue weighted by Crippen LogP contribution is -2.61. The van der Waals surface area contributed by atoms with Gasteiger partial charge in [0, 0.05) is 25.8 Å². The third-order valence-electron chi connectivity index (χ3n) is 5.49. The standard InChI is InChI=1S/C15H26N2O4S.ClH/c16-14(11-5-8-21-9-6-11)15(18)17-7-10-22(19,20)13-4-2-1-3-12(13)17;/h11-14H,1-10,16H2;1H. The number of hydrogen-bond acceptors (Lipinski definition) is 5. The molecule has 3 aliphatic rings. The Hall–Kier alpha value is -0.370. The number of rotatable bonds is 2. The highest BCUT2D eigenvalue weighted by Gasteiger charge is 2.45. The van der Waals surface area contributed by atoms with Crippen molar-refractivity contribution in [1.82, 2.24) is 4.90 Å². The minimum Gasteiger partial charge on any atom is -0.381 e. The van der Waals surface area contributed by atoms with Gasteiger partial charge in [-0.3, -0.25) is 4.79 Å². The Balaban J connectivity index is 0.00000192. The van der Waals surface area contributed by atoms with Crippen LogP contribution in [0.3, 0.4) is 0 Å². The molecule has 0 bridgehead atoms. The number of halogens is 1. The maximum absolute atomic E-state index is 12.8. The lowest BCUT2D eigenvalue weighted by molar-refractivity contribution is -0.137. The molecule has 0 aromatic heterocycles. The van der Waals surface area contributed by atoms with E-state index in [0.29, 0.717) is 26.2 Å². The number of carbonyl (C=O) groups is 1. The van der Waals surface area contributed by atoms with Crippen LogP contribution in [-0.2, 0) is 19.4 Å². The molecule has 0 aromatic carbocycles. The van der Waals surface area contributed by atoms with Gasteiger partial charge in [0.05, 0.1) is 17.0 Å². The van der Waals surface area contributed by atoms with Gasteiger partial charge in [-0.15, -0.1) is 12.4 Å². The normalized spacial score (nSPS) is 32.5. The van der Waals surface area contributed by atoms with E-state index < -0.39 is 15.9 Å². The van der Waals surface area contributed by atoms with Gasteiger partial charge in [-0.2, -0.15) is 0 Å². The topological polar surface area (TPSA) is 89.7 Å². The van der Waals surface area contributed by atoms with Gasteiger partial charge in [0.1, 0.15) is 0 Å². The number of carbonyl (C=O) groups excluding carboxylic acids is 1. The summed E-state index contributed by atoms with van der Waals surface area (Å²) in [4.78, 5) is 14.6. The molecule has 2 aliphatic heterocycles. The molecule has 0 aromatic rings. The zero-order valence-electron chi connectivity index (χ0n) is 13.4. The van der Waals surface area contributed by atoms with Crippen molar-refractivity contribution in [3.63, 3.8) is 0 Å². The van der Waals surface area contributed by atoms with E-state index in [1.807, 2.05) is 0 Å². The highest BCUT2D eigenvalue weighted by Crippen LogP contribution is 2.33. The third-order valence-corrected chi connectivity index (χ3v) is 7.71. The van der Waals surface area contributed by atoms with E-state index >= 15 is 0 Å². The van der Waals surface area contributed by atoms with Crippen LogP contribution in [0.5, 0.6) is 0 Å². The van der Waals surface area contributed by atoms with Crippen LogP contribution in [0.25, 0.3) is 0 Å². The molecule has 3 fully saturated rings. The first-order valence-corrected chi connectivity index (χ1v) is 10.1. The van der Waals surface area contributed by atoms with Gasteiger partial charge in [0.2, 0.25) is 5.91 Å². The second kappa shape index (κ2) is 7.68. The molecule has 3 atom stereocenters. The molecule has 8 heteroatoms. The molecule has 2 N–H and O–H groups in total. The number of amides is 1. The number of nitrogens with two attached hydrogens (primary N) is 1. The Labute approximate surface area is 144 Å². The maximum atomic E-state index is 12.8. The van der Waals surface area contributed by atoms with Crippen molar-refractivity contribution in [3.05, 3.63) is 0 Å². The van der Waals surface area contributed by atoms with Gasteiger partial charge in [0.15, 0.2) is 9.84 Å². The van der Waals surface area contributed by atoms with Gasteiger partial charge >= 0.3 is 0 Å². The average Bonchev–Trinajstić information content (AvgIpc) is 2.55. The minimum absolute atomic E-state index is 0. The van der Waals surface area contributed by atoms with Crippen LogP contribution in [0.15, 0.2) is 0 Å². The largest absolute Gasteiger partial charge is 0.381 e. The van der Waals surface area contributed by atoms with Crippen LogP contribution in [-0.4, -0.2) is 62.1 Å². The van der Waals surface area contributed by atoms with Crippen LogP contribution in [0.1, 0.15) is 38.5 Å². The molecular weight excluding hydrogens is 340 g/mol. The predicted molar refractivity (Wildman–Crippen MR) is 90.3 cm³/mol. The lowest BCUT2D eigenvalue weighted by Gasteiger charge is -2.45. The molecule has 134 valence electrons. The number of fused-ring (bicyclic) bond motifs is 1. The molecule has 23 heavy (non-hydrogen) atoms. The molecule has 2 saturated heterocycles. The lowest BCUT2D eigenvalue weighted by atomic mass is 9.89. The summed E-state index contributed by atoms with van der Waals surface area (Å²) in [6.45, 7) is 1.62. The van der Waals surface area contributed by atoms with Gasteiger partial charge < -0.3 is 15.4 Å². The Morgan fingerprint density at radius 2 is 1.78 bits per heavy atom. The van der Waals surface area contributed by atoms with E-state index in [-0.39, 0.29) is 41.3 Å². The predicted octanol–water partition coefficient (Wildman–Crippen LogP) is 0.730. The van der Waals surface area contributed by atoms with E-state index in [2.05, 4.69) is 0 Å². The van der Waals surface area contributed by atoms with Gasteiger partial charge in [0.25, 0.3) is 0 Å². The molecule has 6 nitrogen and oxygen atoms in total. The van der Waals surface area contributed by atoms with Gasteiger partial charge in [-0.25, -0.2) is 8.42 Å². The summed E-state index contributed by atoms with van der Waals surface area (Å²) >= 11 is 0. The van der Waals surface area contributed by atoms with Crippen molar-refractivity contribution in [2.45, 2.75) is 55.9 Å². The first-order chi connectivity index (χ1) is 10.5. The Bertz CT molecular complexity index is 522. The van der Waals surface area contributed by atoms with Crippen LogP contribution < -0.4 is 5.73 Å². The van der Waals surface area contributed by atoms with E-state index in [9.17, 15) is 13.2 Å². The molecule has 1 amide bonds. The van der Waals surface area contributed by atoms with Crippen LogP contribution in [0.4, 0.5) is 0 Å². The minimum atomic E-state index is -3.06. The summed E-state index contributed by atoms with van der Waals surface area (Å²) in [5, 5.41) is -0.374. The Morgan fingerprint density at radius 1 is 1.13 bits per heavy atom. The van der Waals surface area contributed by atoms with E-state index in [1.54, 1.807) is 4.90 Å². The summed E-state index contributed by atoms with van der Waals surface area (Å²) in [6.07, 6.45) is 5.03. The van der Waals surface area contributed by atoms with E-state index in [1.165, 1.54) is 0 Å². The second-order valence-corrected chi connectivity index (χ2v) is 9.10. The van der Waals surface area contributed by atoms with Crippen molar-refractivity contribution in [2.75, 3.05) is 25.5 Å². The first kappa shape index (κ1) is 19.0. The second-order valence-electron chi connectivity index (χ2n) is 6.76. The smallest absolute Gasteiger partial charge is 0.240 e. The fraction of sp³-hybridized carbons (Fsp3) is 0.933. The zero-order valence-corrected chi connectivity index (χ0v) is 15.0. The number of hydrogen-bond donors (Lipinski definition) is 1.